The molecule has 0 aliphatic rings. The average Bonchev–Trinajstić information content (AvgIpc) is 2.53. The van der Waals surface area contributed by atoms with Gasteiger partial charge < -0.3 is 9.52 Å². The minimum atomic E-state index is -0.474. The molecular weight excluding hydrogens is 190 g/mol. The Morgan fingerprint density at radius 1 is 1.38 bits per heavy atom. The molecule has 0 aliphatic carbocycles. The molecule has 66 valence electrons. The highest BCUT2D eigenvalue weighted by Gasteiger charge is 2.08. The third-order valence-corrected chi connectivity index (χ3v) is 2.01. The number of aromatic hydroxyl groups is 1. The van der Waals surface area contributed by atoms with Crippen LogP contribution in [0.2, 0.25) is 0 Å². The fraction of sp³-hybridized carbons (Fsp3) is 0. The SMILES string of the molecule is O=c1oc(-c2ccccc2O)ns1. The number of nitrogens with zero attached hydrogens (tertiary/aromatic N) is 1. The summed E-state index contributed by atoms with van der Waals surface area (Å²) in [5, 5.41) is 9.38. The summed E-state index contributed by atoms with van der Waals surface area (Å²) in [4.78, 5) is 10.2. The van der Waals surface area contributed by atoms with Crippen LogP contribution in [0.3, 0.4) is 0 Å². The molecule has 1 heterocycles. The summed E-state index contributed by atoms with van der Waals surface area (Å²) >= 11 is 0.725. The normalized spacial score (nSPS) is 10.2. The number of hydrogen-bond acceptors (Lipinski definition) is 5. The van der Waals surface area contributed by atoms with Gasteiger partial charge >= 0.3 is 4.94 Å². The maximum atomic E-state index is 10.7. The van der Waals surface area contributed by atoms with Gasteiger partial charge in [0.2, 0.25) is 5.89 Å². The van der Waals surface area contributed by atoms with Gasteiger partial charge in [0.25, 0.3) is 0 Å². The molecule has 4 nitrogen and oxygen atoms in total. The van der Waals surface area contributed by atoms with E-state index in [2.05, 4.69) is 4.37 Å². The van der Waals surface area contributed by atoms with Crippen LogP contribution in [0.5, 0.6) is 5.75 Å². The van der Waals surface area contributed by atoms with Gasteiger partial charge in [-0.05, 0) is 12.1 Å². The van der Waals surface area contributed by atoms with Gasteiger partial charge in [-0.2, -0.15) is 0 Å². The molecule has 0 amide bonds. The van der Waals surface area contributed by atoms with E-state index >= 15 is 0 Å². The molecule has 2 rings (SSSR count). The summed E-state index contributed by atoms with van der Waals surface area (Å²) in [6, 6.07) is 6.56. The zero-order valence-electron chi connectivity index (χ0n) is 6.43. The fourth-order valence-corrected chi connectivity index (χ4v) is 1.36. The maximum Gasteiger partial charge on any atom is 0.414 e. The minimum absolute atomic E-state index is 0.0524. The molecule has 0 saturated heterocycles. The van der Waals surface area contributed by atoms with Gasteiger partial charge in [0.15, 0.2) is 0 Å². The van der Waals surface area contributed by atoms with Crippen LogP contribution >= 0.6 is 11.5 Å². The quantitative estimate of drug-likeness (QED) is 0.748. The predicted octanol–water partition coefficient (Wildman–Crippen LogP) is 1.47. The van der Waals surface area contributed by atoms with Crippen molar-refractivity contribution in [2.24, 2.45) is 0 Å². The first-order chi connectivity index (χ1) is 6.27. The van der Waals surface area contributed by atoms with Crippen LogP contribution in [-0.2, 0) is 0 Å². The Labute approximate surface area is 77.3 Å². The summed E-state index contributed by atoms with van der Waals surface area (Å²) in [5.74, 6) is 0.213. The second-order valence-electron chi connectivity index (χ2n) is 2.36. The molecule has 0 unspecified atom stereocenters. The molecule has 5 heteroatoms. The fourth-order valence-electron chi connectivity index (χ4n) is 0.954. The molecule has 0 aliphatic heterocycles. The highest BCUT2D eigenvalue weighted by molar-refractivity contribution is 7.02. The lowest BCUT2D eigenvalue weighted by molar-refractivity contribution is 0.471. The van der Waals surface area contributed by atoms with Gasteiger partial charge in [-0.3, -0.25) is 0 Å². The first-order valence-electron chi connectivity index (χ1n) is 3.52. The first kappa shape index (κ1) is 8.00. The van der Waals surface area contributed by atoms with Crippen LogP contribution in [0.4, 0.5) is 0 Å². The molecule has 1 aromatic carbocycles. The van der Waals surface area contributed by atoms with Crippen LogP contribution in [0.1, 0.15) is 0 Å². The van der Waals surface area contributed by atoms with Crippen LogP contribution < -0.4 is 4.94 Å². The van der Waals surface area contributed by atoms with E-state index in [1.807, 2.05) is 0 Å². The molecule has 0 radical (unpaired) electrons. The van der Waals surface area contributed by atoms with Crippen molar-refractivity contribution in [2.45, 2.75) is 0 Å². The molecule has 0 fully saturated rings. The summed E-state index contributed by atoms with van der Waals surface area (Å²) in [7, 11) is 0. The molecule has 2 aromatic rings. The van der Waals surface area contributed by atoms with Crippen LogP contribution in [0.25, 0.3) is 11.5 Å². The molecule has 0 spiro atoms. The van der Waals surface area contributed by atoms with Gasteiger partial charge in [0.1, 0.15) is 5.75 Å². The van der Waals surface area contributed by atoms with Gasteiger partial charge in [0.05, 0.1) is 17.1 Å². The first-order valence-corrected chi connectivity index (χ1v) is 4.30. The van der Waals surface area contributed by atoms with Crippen molar-refractivity contribution in [1.82, 2.24) is 4.37 Å². The third-order valence-electron chi connectivity index (χ3n) is 1.52. The molecule has 13 heavy (non-hydrogen) atoms. The second kappa shape index (κ2) is 3.02. The number of phenols is 1. The number of para-hydroxylation sites is 1. The van der Waals surface area contributed by atoms with E-state index in [0.717, 1.165) is 11.5 Å². The van der Waals surface area contributed by atoms with E-state index in [-0.39, 0.29) is 11.6 Å². The van der Waals surface area contributed by atoms with Crippen molar-refractivity contribution in [2.75, 3.05) is 0 Å². The van der Waals surface area contributed by atoms with E-state index in [4.69, 9.17) is 4.42 Å². The van der Waals surface area contributed by atoms with Crippen molar-refractivity contribution in [3.8, 4) is 17.2 Å². The maximum absolute atomic E-state index is 10.7. The number of hydrogen-bond donors (Lipinski definition) is 1. The monoisotopic (exact) mass is 195 g/mol. The number of aromatic nitrogens is 1. The Balaban J connectivity index is 2.58. The molecule has 0 saturated carbocycles. The highest BCUT2D eigenvalue weighted by atomic mass is 32.1. The Bertz CT molecular complexity index is 474. The van der Waals surface area contributed by atoms with E-state index in [1.165, 1.54) is 6.07 Å². The summed E-state index contributed by atoms with van der Waals surface area (Å²) in [5.41, 5.74) is 0.431. The van der Waals surface area contributed by atoms with Crippen molar-refractivity contribution in [3.63, 3.8) is 0 Å². The van der Waals surface area contributed by atoms with Crippen LogP contribution in [0.15, 0.2) is 33.5 Å². The minimum Gasteiger partial charge on any atom is -0.507 e. The van der Waals surface area contributed by atoms with Gasteiger partial charge in [-0.25, -0.2) is 4.79 Å². The largest absolute Gasteiger partial charge is 0.507 e. The van der Waals surface area contributed by atoms with Crippen molar-refractivity contribution < 1.29 is 9.52 Å². The van der Waals surface area contributed by atoms with E-state index < -0.39 is 4.94 Å². The van der Waals surface area contributed by atoms with Gasteiger partial charge in [-0.1, -0.05) is 12.1 Å². The van der Waals surface area contributed by atoms with Crippen molar-refractivity contribution in [3.05, 3.63) is 34.0 Å². The topological polar surface area (TPSA) is 63.3 Å². The molecule has 0 bridgehead atoms. The van der Waals surface area contributed by atoms with Gasteiger partial charge in [-0.15, -0.1) is 4.37 Å². The average molecular weight is 195 g/mol. The van der Waals surface area contributed by atoms with Crippen molar-refractivity contribution in [1.29, 1.82) is 0 Å². The van der Waals surface area contributed by atoms with Crippen LogP contribution in [-0.4, -0.2) is 9.48 Å². The van der Waals surface area contributed by atoms with E-state index in [0.29, 0.717) is 5.56 Å². The highest BCUT2D eigenvalue weighted by Crippen LogP contribution is 2.26. The standard InChI is InChI=1S/C8H5NO3S/c10-6-4-2-1-3-5(6)7-9-13-8(11)12-7/h1-4,10H. The molecule has 1 N–H and O–H groups in total. The molecule has 1 aromatic heterocycles. The number of phenolic OH excluding ortho intramolecular Hbond substituents is 1. The Kier molecular flexibility index (Phi) is 1.86. The third kappa shape index (κ3) is 1.46. The predicted molar refractivity (Wildman–Crippen MR) is 47.8 cm³/mol. The summed E-state index contributed by atoms with van der Waals surface area (Å²) < 4.78 is 8.49. The molecule has 0 atom stereocenters. The lowest BCUT2D eigenvalue weighted by Crippen LogP contribution is -1.82. The second-order valence-corrected chi connectivity index (χ2v) is 3.06. The number of benzene rings is 1. The number of rotatable bonds is 1. The smallest absolute Gasteiger partial charge is 0.414 e. The Morgan fingerprint density at radius 2 is 2.15 bits per heavy atom. The Morgan fingerprint density at radius 3 is 2.77 bits per heavy atom. The molecular formula is C8H5NO3S. The zero-order valence-corrected chi connectivity index (χ0v) is 7.25. The van der Waals surface area contributed by atoms with E-state index in [9.17, 15) is 9.90 Å². The Hall–Kier alpha value is -1.62. The lowest BCUT2D eigenvalue weighted by atomic mass is 10.2. The summed E-state index contributed by atoms with van der Waals surface area (Å²) in [6.45, 7) is 0. The summed E-state index contributed by atoms with van der Waals surface area (Å²) in [6.07, 6.45) is 0. The van der Waals surface area contributed by atoms with E-state index in [1.54, 1.807) is 18.2 Å². The van der Waals surface area contributed by atoms with Crippen molar-refractivity contribution >= 4 is 11.5 Å². The lowest BCUT2D eigenvalue weighted by Gasteiger charge is -1.96. The van der Waals surface area contributed by atoms with Crippen LogP contribution in [0, 0.1) is 0 Å². The van der Waals surface area contributed by atoms with Gasteiger partial charge in [0, 0.05) is 0 Å². The zero-order chi connectivity index (χ0) is 9.26.